The lowest BCUT2D eigenvalue weighted by atomic mass is 9.87. The molecule has 22 heavy (non-hydrogen) atoms. The lowest BCUT2D eigenvalue weighted by molar-refractivity contribution is -0.116. The molecule has 0 bridgehead atoms. The van der Waals surface area contributed by atoms with Crippen LogP contribution in [0.1, 0.15) is 23.5 Å². The summed E-state index contributed by atoms with van der Waals surface area (Å²) in [4.78, 5) is 35.5. The molecule has 1 amide bonds. The number of thioether (sulfide) groups is 1. The Balaban J connectivity index is 2.07. The van der Waals surface area contributed by atoms with Crippen molar-refractivity contribution >= 4 is 23.5 Å². The molecular weight excluding hydrogens is 300 g/mol. The third kappa shape index (κ3) is 2.80. The maximum absolute atomic E-state index is 12.4. The van der Waals surface area contributed by atoms with Gasteiger partial charge in [0.05, 0.1) is 5.56 Å². The Morgan fingerprint density at radius 3 is 2.86 bits per heavy atom. The topological polar surface area (TPSA) is 87.7 Å². The Bertz CT molecular complexity index is 773. The Morgan fingerprint density at radius 1 is 1.36 bits per heavy atom. The number of carbonyl (C=O) groups is 1. The van der Waals surface area contributed by atoms with Gasteiger partial charge in [-0.1, -0.05) is 17.8 Å². The zero-order chi connectivity index (χ0) is 15.5. The summed E-state index contributed by atoms with van der Waals surface area (Å²) in [5, 5.41) is 3.16. The second kappa shape index (κ2) is 6.15. The van der Waals surface area contributed by atoms with E-state index >= 15 is 0 Å². The SMILES string of the molecule is C=CCSc1nc2c(c(=O)[nH]1)[C@@H](c1ccncc1)CC(=O)N2. The number of hydrogen-bond acceptors (Lipinski definition) is 5. The van der Waals surface area contributed by atoms with Crippen molar-refractivity contribution in [1.29, 1.82) is 0 Å². The number of nitrogens with one attached hydrogen (secondary N) is 2. The van der Waals surface area contributed by atoms with E-state index in [1.54, 1.807) is 18.5 Å². The summed E-state index contributed by atoms with van der Waals surface area (Å²) in [7, 11) is 0. The van der Waals surface area contributed by atoms with E-state index in [0.717, 1.165) is 5.56 Å². The van der Waals surface area contributed by atoms with E-state index in [1.807, 2.05) is 12.1 Å². The van der Waals surface area contributed by atoms with Crippen LogP contribution in [0.25, 0.3) is 0 Å². The van der Waals surface area contributed by atoms with Crippen LogP contribution in [0, 0.1) is 0 Å². The van der Waals surface area contributed by atoms with Crippen molar-refractivity contribution in [3.63, 3.8) is 0 Å². The second-order valence-corrected chi connectivity index (χ2v) is 5.83. The van der Waals surface area contributed by atoms with Crippen LogP contribution < -0.4 is 10.9 Å². The van der Waals surface area contributed by atoms with Crippen LogP contribution >= 0.6 is 11.8 Å². The summed E-state index contributed by atoms with van der Waals surface area (Å²) in [6.07, 6.45) is 5.25. The van der Waals surface area contributed by atoms with Gasteiger partial charge in [-0.3, -0.25) is 14.6 Å². The van der Waals surface area contributed by atoms with Crippen LogP contribution in [0.3, 0.4) is 0 Å². The summed E-state index contributed by atoms with van der Waals surface area (Å²) in [6.45, 7) is 3.63. The quantitative estimate of drug-likeness (QED) is 0.511. The zero-order valence-electron chi connectivity index (χ0n) is 11.7. The van der Waals surface area contributed by atoms with Crippen molar-refractivity contribution < 1.29 is 4.79 Å². The lowest BCUT2D eigenvalue weighted by Gasteiger charge is -2.24. The fourth-order valence-corrected chi connectivity index (χ4v) is 3.03. The van der Waals surface area contributed by atoms with Crippen molar-refractivity contribution in [2.75, 3.05) is 11.1 Å². The van der Waals surface area contributed by atoms with Crippen molar-refractivity contribution in [2.45, 2.75) is 17.5 Å². The van der Waals surface area contributed by atoms with Crippen molar-refractivity contribution in [2.24, 2.45) is 0 Å². The number of aromatic amines is 1. The highest BCUT2D eigenvalue weighted by Gasteiger charge is 2.30. The molecule has 112 valence electrons. The molecule has 6 nitrogen and oxygen atoms in total. The van der Waals surface area contributed by atoms with Gasteiger partial charge in [0.1, 0.15) is 5.82 Å². The summed E-state index contributed by atoms with van der Waals surface area (Å²) < 4.78 is 0. The molecule has 3 heterocycles. The minimum atomic E-state index is -0.304. The Labute approximate surface area is 131 Å². The van der Waals surface area contributed by atoms with Crippen LogP contribution in [0.5, 0.6) is 0 Å². The predicted molar refractivity (Wildman–Crippen MR) is 85.1 cm³/mol. The molecular formula is C15H14N4O2S. The lowest BCUT2D eigenvalue weighted by Crippen LogP contribution is -2.31. The van der Waals surface area contributed by atoms with Crippen molar-refractivity contribution in [3.05, 3.63) is 58.7 Å². The van der Waals surface area contributed by atoms with E-state index in [0.29, 0.717) is 22.3 Å². The molecule has 0 fully saturated rings. The molecule has 2 N–H and O–H groups in total. The van der Waals surface area contributed by atoms with E-state index in [-0.39, 0.29) is 23.8 Å². The summed E-state index contributed by atoms with van der Waals surface area (Å²) in [5.74, 6) is 0.519. The molecule has 3 rings (SSSR count). The first-order chi connectivity index (χ1) is 10.7. The first-order valence-electron chi connectivity index (χ1n) is 6.76. The summed E-state index contributed by atoms with van der Waals surface area (Å²) in [5.41, 5.74) is 1.15. The average Bonchev–Trinajstić information content (AvgIpc) is 2.52. The van der Waals surface area contributed by atoms with Gasteiger partial charge in [-0.15, -0.1) is 6.58 Å². The molecule has 0 aliphatic carbocycles. The molecule has 0 unspecified atom stereocenters. The number of amides is 1. The molecule has 1 aliphatic heterocycles. The first-order valence-corrected chi connectivity index (χ1v) is 7.75. The Kier molecular flexibility index (Phi) is 4.06. The van der Waals surface area contributed by atoms with Gasteiger partial charge in [0.2, 0.25) is 5.91 Å². The number of fused-ring (bicyclic) bond motifs is 1. The summed E-state index contributed by atoms with van der Waals surface area (Å²) >= 11 is 1.36. The van der Waals surface area contributed by atoms with E-state index in [1.165, 1.54) is 11.8 Å². The van der Waals surface area contributed by atoms with E-state index in [2.05, 4.69) is 26.8 Å². The maximum atomic E-state index is 12.4. The number of hydrogen-bond donors (Lipinski definition) is 2. The van der Waals surface area contributed by atoms with E-state index in [4.69, 9.17) is 0 Å². The van der Waals surface area contributed by atoms with Crippen molar-refractivity contribution in [3.8, 4) is 0 Å². The predicted octanol–water partition coefficient (Wildman–Crippen LogP) is 1.92. The minimum Gasteiger partial charge on any atom is -0.310 e. The molecule has 7 heteroatoms. The highest BCUT2D eigenvalue weighted by atomic mass is 32.2. The van der Waals surface area contributed by atoms with Crippen LogP contribution in [-0.4, -0.2) is 26.6 Å². The normalized spacial score (nSPS) is 16.7. The molecule has 0 saturated carbocycles. The number of H-pyrrole nitrogens is 1. The number of carbonyl (C=O) groups excluding carboxylic acids is 1. The fraction of sp³-hybridized carbons (Fsp3) is 0.200. The van der Waals surface area contributed by atoms with Crippen LogP contribution in [0.15, 0.2) is 47.1 Å². The minimum absolute atomic E-state index is 0.146. The molecule has 0 spiro atoms. The standard InChI is InChI=1S/C15H14N4O2S/c1-2-7-22-15-18-13-12(14(21)19-15)10(8-11(20)17-13)9-3-5-16-6-4-9/h2-6,10H,1,7-8H2,(H2,17,18,19,20,21)/t10-/m1/s1. The van der Waals surface area contributed by atoms with Gasteiger partial charge in [-0.25, -0.2) is 4.98 Å². The Morgan fingerprint density at radius 2 is 2.14 bits per heavy atom. The van der Waals surface area contributed by atoms with Gasteiger partial charge in [-0.05, 0) is 17.7 Å². The number of pyridine rings is 1. The van der Waals surface area contributed by atoms with Gasteiger partial charge >= 0.3 is 0 Å². The smallest absolute Gasteiger partial charge is 0.257 e. The fourth-order valence-electron chi connectivity index (χ4n) is 2.44. The van der Waals surface area contributed by atoms with Gasteiger partial charge in [0.25, 0.3) is 5.56 Å². The first kappa shape index (κ1) is 14.5. The number of aromatic nitrogens is 3. The number of rotatable bonds is 4. The number of anilines is 1. The Hall–Kier alpha value is -2.41. The maximum Gasteiger partial charge on any atom is 0.257 e. The van der Waals surface area contributed by atoms with Crippen LogP contribution in [0.2, 0.25) is 0 Å². The van der Waals surface area contributed by atoms with Gasteiger partial charge in [0.15, 0.2) is 5.16 Å². The van der Waals surface area contributed by atoms with Gasteiger partial charge in [-0.2, -0.15) is 0 Å². The molecule has 2 aromatic rings. The molecule has 1 aliphatic rings. The third-order valence-corrected chi connectivity index (χ3v) is 4.24. The molecule has 2 aromatic heterocycles. The molecule has 0 saturated heterocycles. The zero-order valence-corrected chi connectivity index (χ0v) is 12.5. The molecule has 0 radical (unpaired) electrons. The van der Waals surface area contributed by atoms with Crippen LogP contribution in [0.4, 0.5) is 5.82 Å². The highest BCUT2D eigenvalue weighted by Crippen LogP contribution is 2.33. The van der Waals surface area contributed by atoms with Gasteiger partial charge in [0, 0.05) is 30.5 Å². The molecule has 1 atom stereocenters. The molecule has 0 aromatic carbocycles. The monoisotopic (exact) mass is 314 g/mol. The number of nitrogens with zero attached hydrogens (tertiary/aromatic N) is 2. The van der Waals surface area contributed by atoms with Crippen molar-refractivity contribution in [1.82, 2.24) is 15.0 Å². The second-order valence-electron chi connectivity index (χ2n) is 4.82. The van der Waals surface area contributed by atoms with E-state index in [9.17, 15) is 9.59 Å². The van der Waals surface area contributed by atoms with Crippen LogP contribution in [-0.2, 0) is 4.79 Å². The third-order valence-electron chi connectivity index (χ3n) is 3.38. The van der Waals surface area contributed by atoms with Gasteiger partial charge < -0.3 is 10.3 Å². The van der Waals surface area contributed by atoms with E-state index < -0.39 is 0 Å². The highest BCUT2D eigenvalue weighted by molar-refractivity contribution is 7.99. The summed E-state index contributed by atoms with van der Waals surface area (Å²) in [6, 6.07) is 3.62. The largest absolute Gasteiger partial charge is 0.310 e. The average molecular weight is 314 g/mol.